The van der Waals surface area contributed by atoms with Crippen LogP contribution in [0.4, 0.5) is 0 Å². The summed E-state index contributed by atoms with van der Waals surface area (Å²) >= 11 is 0. The number of ether oxygens (including phenoxy) is 2. The molecule has 0 radical (unpaired) electrons. The number of carboxylic acids is 1. The summed E-state index contributed by atoms with van der Waals surface area (Å²) in [6.07, 6.45) is 0.375. The average Bonchev–Trinajstić information content (AvgIpc) is 3.34. The monoisotopic (exact) mass is 542 g/mol. The summed E-state index contributed by atoms with van der Waals surface area (Å²) in [4.78, 5) is 37.8. The standard InChI is InChI=1S/C17H25N3O5.C9H9N3O2/c1-10(2)7-12(16(22)23)19-17(18)20-15(21)9-11-5-6-13(24-3)14(8-11)25-4;10-5-6-2-1-3-7(4-6)8-11-12-9(13)14-8/h5-6,8,10,12H,7,9H2,1-4H3,(H,22,23)(H3,18,19,20,21);1-4H,5,10H2,(H,12,13)/t12-;/m1./s1. The van der Waals surface area contributed by atoms with Gasteiger partial charge in [0.25, 0.3) is 0 Å². The van der Waals surface area contributed by atoms with Crippen molar-refractivity contribution in [3.8, 4) is 23.0 Å². The van der Waals surface area contributed by atoms with Crippen molar-refractivity contribution >= 4 is 17.8 Å². The fraction of sp³-hybridized carbons (Fsp3) is 0.346. The Morgan fingerprint density at radius 3 is 2.41 bits per heavy atom. The van der Waals surface area contributed by atoms with Gasteiger partial charge in [0.1, 0.15) is 0 Å². The smallest absolute Gasteiger partial charge is 0.434 e. The summed E-state index contributed by atoms with van der Waals surface area (Å²) in [5.74, 6) is -0.752. The molecule has 0 saturated carbocycles. The van der Waals surface area contributed by atoms with Crippen LogP contribution >= 0.6 is 0 Å². The number of aromatic amines is 1. The molecule has 13 nitrogen and oxygen atoms in total. The van der Waals surface area contributed by atoms with Crippen molar-refractivity contribution in [1.29, 1.82) is 0 Å². The average molecular weight is 543 g/mol. The third-order valence-electron chi connectivity index (χ3n) is 5.20. The van der Waals surface area contributed by atoms with Crippen molar-refractivity contribution in [3.05, 3.63) is 64.1 Å². The molecule has 0 aliphatic carbocycles. The molecule has 1 atom stereocenters. The van der Waals surface area contributed by atoms with Crippen molar-refractivity contribution in [2.24, 2.45) is 22.4 Å². The third-order valence-corrected chi connectivity index (χ3v) is 5.20. The van der Waals surface area contributed by atoms with Gasteiger partial charge in [-0.2, -0.15) is 0 Å². The molecule has 0 aliphatic rings. The molecule has 3 rings (SSSR count). The summed E-state index contributed by atoms with van der Waals surface area (Å²) in [5, 5.41) is 17.5. The quantitative estimate of drug-likeness (QED) is 0.185. The first-order valence-corrected chi connectivity index (χ1v) is 12.0. The molecule has 0 bridgehead atoms. The number of nitrogens with one attached hydrogen (secondary N) is 2. The molecule has 1 amide bonds. The Morgan fingerprint density at radius 2 is 1.85 bits per heavy atom. The second-order valence-corrected chi connectivity index (χ2v) is 8.73. The topological polar surface area (TPSA) is 208 Å². The molecule has 0 spiro atoms. The Kier molecular flexibility index (Phi) is 11.7. The highest BCUT2D eigenvalue weighted by atomic mass is 16.5. The van der Waals surface area contributed by atoms with E-state index >= 15 is 0 Å². The van der Waals surface area contributed by atoms with Crippen molar-refractivity contribution < 1.29 is 28.6 Å². The maximum absolute atomic E-state index is 12.1. The Balaban J connectivity index is 0.000000318. The van der Waals surface area contributed by atoms with E-state index in [2.05, 4.69) is 20.5 Å². The van der Waals surface area contributed by atoms with Gasteiger partial charge in [0, 0.05) is 12.1 Å². The summed E-state index contributed by atoms with van der Waals surface area (Å²) in [6.45, 7) is 4.22. The van der Waals surface area contributed by atoms with Crippen LogP contribution in [-0.2, 0) is 22.6 Å². The Hall–Kier alpha value is -4.65. The summed E-state index contributed by atoms with van der Waals surface area (Å²) < 4.78 is 15.1. The van der Waals surface area contributed by atoms with Gasteiger partial charge in [-0.25, -0.2) is 19.7 Å². The summed E-state index contributed by atoms with van der Waals surface area (Å²) in [7, 11) is 3.03. The van der Waals surface area contributed by atoms with Gasteiger partial charge >= 0.3 is 11.7 Å². The van der Waals surface area contributed by atoms with Gasteiger partial charge in [-0.05, 0) is 47.7 Å². The lowest BCUT2D eigenvalue weighted by Gasteiger charge is -2.12. The fourth-order valence-electron chi connectivity index (χ4n) is 3.40. The molecule has 13 heteroatoms. The molecule has 1 aromatic heterocycles. The molecular weight excluding hydrogens is 508 g/mol. The van der Waals surface area contributed by atoms with Crippen molar-refractivity contribution in [1.82, 2.24) is 15.5 Å². The second-order valence-electron chi connectivity index (χ2n) is 8.73. The van der Waals surface area contributed by atoms with Crippen LogP contribution in [0.2, 0.25) is 0 Å². The van der Waals surface area contributed by atoms with E-state index in [1.54, 1.807) is 24.3 Å². The van der Waals surface area contributed by atoms with E-state index < -0.39 is 23.7 Å². The lowest BCUT2D eigenvalue weighted by molar-refractivity contribution is -0.138. The number of hydrogen-bond donors (Lipinski definition) is 5. The number of carbonyl (C=O) groups is 2. The Morgan fingerprint density at radius 1 is 1.13 bits per heavy atom. The number of rotatable bonds is 10. The number of hydrogen-bond acceptors (Lipinski definition) is 9. The second kappa shape index (κ2) is 14.9. The number of aromatic nitrogens is 2. The van der Waals surface area contributed by atoms with Crippen LogP contribution in [0, 0.1) is 5.92 Å². The number of methoxy groups -OCH3 is 2. The van der Waals surface area contributed by atoms with Gasteiger partial charge in [-0.1, -0.05) is 32.0 Å². The first-order chi connectivity index (χ1) is 18.6. The number of nitrogens with zero attached hydrogens (tertiary/aromatic N) is 2. The SMILES string of the molecule is COc1ccc(CC(=O)NC(N)=N[C@H](CC(C)C)C(=O)O)cc1OC.NCc1cccc(-c2n[nH]c(=O)o2)c1. The maximum atomic E-state index is 12.1. The van der Waals surface area contributed by atoms with E-state index in [0.29, 0.717) is 30.0 Å². The normalized spacial score (nSPS) is 11.8. The number of carboxylic acid groups (broad SMARTS) is 1. The highest BCUT2D eigenvalue weighted by Gasteiger charge is 2.19. The molecule has 210 valence electrons. The Labute approximate surface area is 225 Å². The number of nitrogens with two attached hydrogens (primary N) is 2. The summed E-state index contributed by atoms with van der Waals surface area (Å²) in [6, 6.07) is 11.5. The minimum Gasteiger partial charge on any atom is -0.493 e. The van der Waals surface area contributed by atoms with Crippen LogP contribution < -0.4 is 32.0 Å². The highest BCUT2D eigenvalue weighted by molar-refractivity contribution is 5.97. The number of H-pyrrole nitrogens is 1. The lowest BCUT2D eigenvalue weighted by atomic mass is 10.0. The van der Waals surface area contributed by atoms with Crippen molar-refractivity contribution in [2.75, 3.05) is 14.2 Å². The molecular formula is C26H34N6O7. The lowest BCUT2D eigenvalue weighted by Crippen LogP contribution is -2.39. The fourth-order valence-corrected chi connectivity index (χ4v) is 3.40. The highest BCUT2D eigenvalue weighted by Crippen LogP contribution is 2.27. The minimum atomic E-state index is -1.08. The maximum Gasteiger partial charge on any atom is 0.434 e. The minimum absolute atomic E-state index is 0.0402. The number of aliphatic imine (C=N–C) groups is 1. The zero-order valence-corrected chi connectivity index (χ0v) is 22.3. The van der Waals surface area contributed by atoms with E-state index in [9.17, 15) is 14.4 Å². The van der Waals surface area contributed by atoms with Crippen molar-refractivity contribution in [3.63, 3.8) is 0 Å². The van der Waals surface area contributed by atoms with Crippen molar-refractivity contribution in [2.45, 2.75) is 39.3 Å². The van der Waals surface area contributed by atoms with E-state index in [4.69, 9.17) is 30.5 Å². The zero-order valence-electron chi connectivity index (χ0n) is 22.3. The van der Waals surface area contributed by atoms with E-state index in [1.807, 2.05) is 32.0 Å². The third kappa shape index (κ3) is 9.97. The number of aliphatic carboxylic acids is 1. The number of guanidine groups is 1. The van der Waals surface area contributed by atoms with Gasteiger partial charge in [-0.15, -0.1) is 5.10 Å². The van der Waals surface area contributed by atoms with E-state index in [0.717, 1.165) is 11.1 Å². The molecule has 39 heavy (non-hydrogen) atoms. The molecule has 0 fully saturated rings. The van der Waals surface area contributed by atoms with E-state index in [-0.39, 0.29) is 24.2 Å². The summed E-state index contributed by atoms with van der Waals surface area (Å²) in [5.41, 5.74) is 13.5. The van der Waals surface area contributed by atoms with E-state index in [1.165, 1.54) is 14.2 Å². The van der Waals surface area contributed by atoms with Crippen LogP contribution in [0.25, 0.3) is 11.5 Å². The number of benzene rings is 2. The zero-order chi connectivity index (χ0) is 28.9. The first-order valence-electron chi connectivity index (χ1n) is 12.0. The predicted molar refractivity (Wildman–Crippen MR) is 144 cm³/mol. The van der Waals surface area contributed by atoms with Crippen LogP contribution in [0.3, 0.4) is 0 Å². The molecule has 1 heterocycles. The largest absolute Gasteiger partial charge is 0.493 e. The van der Waals surface area contributed by atoms with Gasteiger partial charge in [0.2, 0.25) is 11.8 Å². The molecule has 2 aromatic carbocycles. The predicted octanol–water partition coefficient (Wildman–Crippen LogP) is 1.67. The van der Waals surface area contributed by atoms with Crippen LogP contribution in [0.1, 0.15) is 31.4 Å². The Bertz CT molecular complexity index is 1330. The molecule has 7 N–H and O–H groups in total. The van der Waals surface area contributed by atoms with Gasteiger partial charge in [-0.3, -0.25) is 10.1 Å². The van der Waals surface area contributed by atoms with Crippen LogP contribution in [0.5, 0.6) is 11.5 Å². The van der Waals surface area contributed by atoms with Gasteiger partial charge < -0.3 is 30.5 Å². The molecule has 0 saturated heterocycles. The van der Waals surface area contributed by atoms with Crippen LogP contribution in [-0.4, -0.2) is 53.4 Å². The van der Waals surface area contributed by atoms with Gasteiger partial charge in [0.15, 0.2) is 23.5 Å². The number of amides is 1. The van der Waals surface area contributed by atoms with Crippen LogP contribution in [0.15, 0.2) is 56.7 Å². The first kappa shape index (κ1) is 30.6. The molecule has 3 aromatic rings. The molecule has 0 unspecified atom stereocenters. The molecule has 0 aliphatic heterocycles. The van der Waals surface area contributed by atoms with Gasteiger partial charge in [0.05, 0.1) is 20.6 Å². The number of carbonyl (C=O) groups excluding carboxylic acids is 1.